The summed E-state index contributed by atoms with van der Waals surface area (Å²) in [6.07, 6.45) is 1.50. The van der Waals surface area contributed by atoms with Crippen molar-refractivity contribution in [1.29, 1.82) is 0 Å². The lowest BCUT2D eigenvalue weighted by molar-refractivity contribution is -0.138. The highest BCUT2D eigenvalue weighted by Gasteiger charge is 2.21. The standard InChI is InChI=1S/C13H14BrClN4O2/c1-2-3-9(7-12(20)21)19-13(16-17-18-19)10-6-8(15)4-5-11(10)14/h4-6,9H,2-3,7H2,1H3,(H,20,21). The average molecular weight is 374 g/mol. The molecule has 2 rings (SSSR count). The fraction of sp³-hybridized carbons (Fsp3) is 0.385. The molecule has 0 spiro atoms. The smallest absolute Gasteiger partial charge is 0.305 e. The second-order valence-corrected chi connectivity index (χ2v) is 5.90. The Balaban J connectivity index is 2.45. The lowest BCUT2D eigenvalue weighted by atomic mass is 10.1. The van der Waals surface area contributed by atoms with Crippen LogP contribution in [0.15, 0.2) is 22.7 Å². The Morgan fingerprint density at radius 3 is 2.95 bits per heavy atom. The number of carbonyl (C=O) groups is 1. The molecule has 1 heterocycles. The first-order chi connectivity index (χ1) is 10.0. The van der Waals surface area contributed by atoms with Gasteiger partial charge in [0.1, 0.15) is 0 Å². The van der Waals surface area contributed by atoms with E-state index in [2.05, 4.69) is 31.5 Å². The summed E-state index contributed by atoms with van der Waals surface area (Å²) in [4.78, 5) is 11.0. The summed E-state index contributed by atoms with van der Waals surface area (Å²) >= 11 is 9.46. The predicted octanol–water partition coefficient (Wildman–Crippen LogP) is 3.57. The Kier molecular flexibility index (Phi) is 5.30. The van der Waals surface area contributed by atoms with Crippen molar-refractivity contribution in [2.24, 2.45) is 0 Å². The van der Waals surface area contributed by atoms with Gasteiger partial charge in [-0.1, -0.05) is 40.9 Å². The molecule has 21 heavy (non-hydrogen) atoms. The van der Waals surface area contributed by atoms with Crippen LogP contribution in [0.3, 0.4) is 0 Å². The molecular weight excluding hydrogens is 360 g/mol. The van der Waals surface area contributed by atoms with Crippen LogP contribution < -0.4 is 0 Å². The van der Waals surface area contributed by atoms with Crippen molar-refractivity contribution in [2.45, 2.75) is 32.2 Å². The van der Waals surface area contributed by atoms with Crippen LogP contribution in [-0.2, 0) is 4.79 Å². The van der Waals surface area contributed by atoms with E-state index in [0.717, 1.165) is 16.5 Å². The number of rotatable bonds is 6. The third-order valence-electron chi connectivity index (χ3n) is 3.04. The first-order valence-corrected chi connectivity index (χ1v) is 7.65. The summed E-state index contributed by atoms with van der Waals surface area (Å²) in [5, 5.41) is 21.3. The Hall–Kier alpha value is -1.47. The summed E-state index contributed by atoms with van der Waals surface area (Å²) in [5.74, 6) is -0.371. The van der Waals surface area contributed by atoms with Crippen LogP contribution in [0.5, 0.6) is 0 Å². The van der Waals surface area contributed by atoms with E-state index in [-0.39, 0.29) is 12.5 Å². The van der Waals surface area contributed by atoms with Gasteiger partial charge in [0, 0.05) is 15.1 Å². The van der Waals surface area contributed by atoms with E-state index in [1.807, 2.05) is 13.0 Å². The van der Waals surface area contributed by atoms with Gasteiger partial charge in [0.25, 0.3) is 0 Å². The highest BCUT2D eigenvalue weighted by Crippen LogP contribution is 2.31. The van der Waals surface area contributed by atoms with Crippen molar-refractivity contribution >= 4 is 33.5 Å². The van der Waals surface area contributed by atoms with Gasteiger partial charge in [-0.15, -0.1) is 5.10 Å². The minimum absolute atomic E-state index is 0.0237. The molecule has 0 radical (unpaired) electrons. The molecule has 0 saturated carbocycles. The van der Waals surface area contributed by atoms with E-state index in [1.54, 1.807) is 16.8 Å². The number of nitrogens with zero attached hydrogens (tertiary/aromatic N) is 4. The Labute approximate surface area is 135 Å². The fourth-order valence-corrected chi connectivity index (χ4v) is 2.73. The summed E-state index contributed by atoms with van der Waals surface area (Å²) in [7, 11) is 0. The van der Waals surface area contributed by atoms with Crippen molar-refractivity contribution in [1.82, 2.24) is 20.2 Å². The zero-order valence-corrected chi connectivity index (χ0v) is 13.7. The first kappa shape index (κ1) is 15.9. The highest BCUT2D eigenvalue weighted by atomic mass is 79.9. The van der Waals surface area contributed by atoms with Gasteiger partial charge in [0.15, 0.2) is 5.82 Å². The number of tetrazole rings is 1. The number of hydrogen-bond acceptors (Lipinski definition) is 4. The van der Waals surface area contributed by atoms with Gasteiger partial charge in [-0.2, -0.15) is 0 Å². The van der Waals surface area contributed by atoms with Gasteiger partial charge in [-0.05, 0) is 35.0 Å². The molecule has 1 N–H and O–H groups in total. The summed E-state index contributed by atoms with van der Waals surface area (Å²) in [6, 6.07) is 5.02. The lowest BCUT2D eigenvalue weighted by Crippen LogP contribution is -2.16. The largest absolute Gasteiger partial charge is 0.481 e. The monoisotopic (exact) mass is 372 g/mol. The van der Waals surface area contributed by atoms with Crippen molar-refractivity contribution in [3.8, 4) is 11.4 Å². The highest BCUT2D eigenvalue weighted by molar-refractivity contribution is 9.10. The number of aromatic nitrogens is 4. The van der Waals surface area contributed by atoms with E-state index >= 15 is 0 Å². The van der Waals surface area contributed by atoms with Crippen molar-refractivity contribution in [3.63, 3.8) is 0 Å². The SMILES string of the molecule is CCCC(CC(=O)O)n1nnnc1-c1cc(Cl)ccc1Br. The van der Waals surface area contributed by atoms with Crippen LogP contribution in [-0.4, -0.2) is 31.3 Å². The number of hydrogen-bond donors (Lipinski definition) is 1. The number of aliphatic carboxylic acids is 1. The van der Waals surface area contributed by atoms with E-state index in [0.29, 0.717) is 17.3 Å². The number of benzene rings is 1. The molecule has 2 aromatic rings. The van der Waals surface area contributed by atoms with E-state index in [9.17, 15) is 4.79 Å². The molecule has 1 atom stereocenters. The zero-order valence-electron chi connectivity index (χ0n) is 11.3. The van der Waals surface area contributed by atoms with Crippen LogP contribution in [0.2, 0.25) is 5.02 Å². The Morgan fingerprint density at radius 2 is 2.29 bits per heavy atom. The fourth-order valence-electron chi connectivity index (χ4n) is 2.13. The van der Waals surface area contributed by atoms with Gasteiger partial charge in [-0.3, -0.25) is 4.79 Å². The molecule has 1 aromatic carbocycles. The average Bonchev–Trinajstić information content (AvgIpc) is 2.89. The summed E-state index contributed by atoms with van der Waals surface area (Å²) in [5.41, 5.74) is 0.735. The van der Waals surface area contributed by atoms with Crippen LogP contribution in [0, 0.1) is 0 Å². The molecule has 0 aliphatic rings. The molecule has 0 fully saturated rings. The normalized spacial score (nSPS) is 12.3. The molecule has 0 aliphatic carbocycles. The number of halogens is 2. The van der Waals surface area contributed by atoms with Crippen LogP contribution in [0.4, 0.5) is 0 Å². The van der Waals surface area contributed by atoms with E-state index in [4.69, 9.17) is 16.7 Å². The van der Waals surface area contributed by atoms with Crippen molar-refractivity contribution < 1.29 is 9.90 Å². The van der Waals surface area contributed by atoms with Gasteiger partial charge in [0.05, 0.1) is 12.5 Å². The van der Waals surface area contributed by atoms with Gasteiger partial charge in [0.2, 0.25) is 0 Å². The topological polar surface area (TPSA) is 80.9 Å². The van der Waals surface area contributed by atoms with Crippen LogP contribution in [0.25, 0.3) is 11.4 Å². The van der Waals surface area contributed by atoms with Gasteiger partial charge >= 0.3 is 5.97 Å². The summed E-state index contributed by atoms with van der Waals surface area (Å²) < 4.78 is 2.36. The third kappa shape index (κ3) is 3.79. The minimum Gasteiger partial charge on any atom is -0.481 e. The molecule has 112 valence electrons. The molecule has 8 heteroatoms. The number of carboxylic acid groups (broad SMARTS) is 1. The van der Waals surface area contributed by atoms with E-state index in [1.165, 1.54) is 0 Å². The number of carboxylic acids is 1. The molecule has 0 aliphatic heterocycles. The maximum Gasteiger partial charge on any atom is 0.305 e. The Bertz CT molecular complexity index is 647. The third-order valence-corrected chi connectivity index (χ3v) is 3.97. The van der Waals surface area contributed by atoms with E-state index < -0.39 is 5.97 Å². The van der Waals surface area contributed by atoms with Crippen molar-refractivity contribution in [3.05, 3.63) is 27.7 Å². The van der Waals surface area contributed by atoms with Crippen LogP contribution in [0.1, 0.15) is 32.2 Å². The lowest BCUT2D eigenvalue weighted by Gasteiger charge is -2.16. The minimum atomic E-state index is -0.875. The molecule has 1 aromatic heterocycles. The van der Waals surface area contributed by atoms with Crippen LogP contribution >= 0.6 is 27.5 Å². The maximum atomic E-state index is 11.0. The van der Waals surface area contributed by atoms with Gasteiger partial charge in [-0.25, -0.2) is 4.68 Å². The van der Waals surface area contributed by atoms with Gasteiger partial charge < -0.3 is 5.11 Å². The molecule has 1 unspecified atom stereocenters. The predicted molar refractivity (Wildman–Crippen MR) is 82.2 cm³/mol. The van der Waals surface area contributed by atoms with Crippen molar-refractivity contribution in [2.75, 3.05) is 0 Å². The molecule has 0 bridgehead atoms. The second kappa shape index (κ2) is 7.00. The first-order valence-electron chi connectivity index (χ1n) is 6.48. The molecule has 0 amide bonds. The molecule has 0 saturated heterocycles. The molecule has 6 nitrogen and oxygen atoms in total. The maximum absolute atomic E-state index is 11.0. The quantitative estimate of drug-likeness (QED) is 0.837. The second-order valence-electron chi connectivity index (χ2n) is 4.61. The zero-order chi connectivity index (χ0) is 15.4. The molecular formula is C13H14BrClN4O2. The summed E-state index contributed by atoms with van der Waals surface area (Å²) in [6.45, 7) is 1.99. The Morgan fingerprint density at radius 1 is 1.52 bits per heavy atom.